The second-order valence-corrected chi connectivity index (χ2v) is 19.9. The molecule has 370 valence electrons. The topological polar surface area (TPSA) is 65.0 Å². The summed E-state index contributed by atoms with van der Waals surface area (Å²) in [6.07, 6.45) is 0. The highest BCUT2D eigenvalue weighted by atomic mass is 16.4. The first-order valence-electron chi connectivity index (χ1n) is 26.2. The molecule has 2 aromatic heterocycles. The smallest absolute Gasteiger partial charge is 0.227 e. The number of hydrogen-bond donors (Lipinski definition) is 0. The van der Waals surface area contributed by atoms with Gasteiger partial charge in [0.05, 0.1) is 45.5 Å². The Kier molecular flexibility index (Phi) is 10.5. The molecule has 0 atom stereocenters. The van der Waals surface area contributed by atoms with Gasteiger partial charge in [0.25, 0.3) is 0 Å². The van der Waals surface area contributed by atoms with Crippen molar-refractivity contribution in [3.8, 4) is 67.4 Å². The highest BCUT2D eigenvalue weighted by Crippen LogP contribution is 2.54. The third-order valence-corrected chi connectivity index (χ3v) is 15.4. The molecule has 8 heteroatoms. The van der Waals surface area contributed by atoms with Crippen molar-refractivity contribution in [2.24, 2.45) is 0 Å². The molecule has 0 radical (unpaired) electrons. The van der Waals surface area contributed by atoms with Gasteiger partial charge in [-0.25, -0.2) is 9.97 Å². The molecule has 0 unspecified atom stereocenters. The van der Waals surface area contributed by atoms with E-state index in [9.17, 15) is 0 Å². The van der Waals surface area contributed by atoms with Gasteiger partial charge in [-0.15, -0.1) is 0 Å². The molecule has 0 bridgehead atoms. The van der Waals surface area contributed by atoms with E-state index in [1.165, 1.54) is 0 Å². The van der Waals surface area contributed by atoms with Gasteiger partial charge in [-0.1, -0.05) is 121 Å². The summed E-state index contributed by atoms with van der Waals surface area (Å²) >= 11 is 0. The van der Waals surface area contributed by atoms with Gasteiger partial charge in [0, 0.05) is 36.6 Å². The summed E-state index contributed by atoms with van der Waals surface area (Å²) in [5, 5.41) is 0. The van der Waals surface area contributed by atoms with Crippen molar-refractivity contribution in [3.05, 3.63) is 255 Å². The zero-order valence-corrected chi connectivity index (χ0v) is 42.7. The van der Waals surface area contributed by atoms with E-state index >= 15 is 0 Å². The average molecular weight is 1010 g/mol. The number of aromatic nitrogens is 2. The molecule has 15 rings (SSSR count). The Morgan fingerprint density at radius 2 is 0.641 bits per heavy atom. The lowest BCUT2D eigenvalue weighted by atomic mass is 9.84. The SMILES string of the molecule is CN1c2ccccc2N(c2cccc(-c3cc(-c4ccc(-c5nc6ccccc6o5)cc4)cc(-c4ccc(-c5nc6ccccc6o5)cc4)c3-c3cccc(N4c5ccccc5N(C)c5ccccc54)c3)c2)c2ccccc21. The molecule has 0 saturated carbocycles. The maximum absolute atomic E-state index is 6.31. The van der Waals surface area contributed by atoms with E-state index in [0.717, 1.165) is 135 Å². The summed E-state index contributed by atoms with van der Waals surface area (Å²) in [6.45, 7) is 0. The predicted molar refractivity (Wildman–Crippen MR) is 320 cm³/mol. The van der Waals surface area contributed by atoms with Crippen LogP contribution in [-0.2, 0) is 0 Å². The lowest BCUT2D eigenvalue weighted by molar-refractivity contribution is 0.619. The van der Waals surface area contributed by atoms with E-state index in [-0.39, 0.29) is 0 Å². The Hall–Kier alpha value is -10.4. The standard InChI is InChI=1S/C70H48N6O2/c1-73-58-23-5-9-27-62(58)75(63-28-10-6-24-59(63)73)52-19-15-17-49(41-52)55-44-51(45-33-37-47(38-34-45)69-71-56-21-3-13-31-66(56)77-69)43-54(46-35-39-48(40-36-46)70-72-57-22-4-14-32-67(57)78-70)68(55)50-18-16-20-53(42-50)76-64-29-11-7-25-60(64)74(2)61-26-8-12-30-65(61)76/h3-44H,1-2H3. The van der Waals surface area contributed by atoms with Gasteiger partial charge < -0.3 is 28.4 Å². The molecule has 0 saturated heterocycles. The van der Waals surface area contributed by atoms with Crippen LogP contribution in [0, 0.1) is 0 Å². The van der Waals surface area contributed by atoms with Crippen LogP contribution < -0.4 is 19.6 Å². The van der Waals surface area contributed by atoms with Crippen LogP contribution in [0.3, 0.4) is 0 Å². The molecule has 0 spiro atoms. The second kappa shape index (κ2) is 18.1. The molecule has 0 N–H and O–H groups in total. The van der Waals surface area contributed by atoms with Crippen molar-refractivity contribution in [2.75, 3.05) is 33.7 Å². The maximum Gasteiger partial charge on any atom is 0.227 e. The summed E-state index contributed by atoms with van der Waals surface area (Å²) in [4.78, 5) is 19.1. The molecule has 0 aliphatic carbocycles. The Morgan fingerprint density at radius 3 is 1.09 bits per heavy atom. The van der Waals surface area contributed by atoms with Gasteiger partial charge in [0.2, 0.25) is 11.8 Å². The van der Waals surface area contributed by atoms with Gasteiger partial charge in [-0.2, -0.15) is 0 Å². The highest BCUT2D eigenvalue weighted by Gasteiger charge is 2.30. The van der Waals surface area contributed by atoms with Gasteiger partial charge in [0.1, 0.15) is 11.0 Å². The zero-order chi connectivity index (χ0) is 51.8. The van der Waals surface area contributed by atoms with Gasteiger partial charge in [0.15, 0.2) is 11.2 Å². The van der Waals surface area contributed by atoms with Crippen LogP contribution in [0.4, 0.5) is 56.9 Å². The number of rotatable bonds is 8. The number of fused-ring (bicyclic) bond motifs is 6. The van der Waals surface area contributed by atoms with E-state index < -0.39 is 0 Å². The van der Waals surface area contributed by atoms with Crippen LogP contribution in [0.15, 0.2) is 264 Å². The zero-order valence-electron chi connectivity index (χ0n) is 42.7. The quantitative estimate of drug-likeness (QED) is 0.149. The first-order chi connectivity index (χ1) is 38.5. The van der Waals surface area contributed by atoms with Crippen molar-refractivity contribution in [3.63, 3.8) is 0 Å². The Balaban J connectivity index is 0.961. The van der Waals surface area contributed by atoms with Crippen LogP contribution in [0.2, 0.25) is 0 Å². The summed E-state index contributed by atoms with van der Waals surface area (Å²) < 4.78 is 12.6. The second-order valence-electron chi connectivity index (χ2n) is 19.9. The van der Waals surface area contributed by atoms with Crippen LogP contribution in [0.5, 0.6) is 0 Å². The van der Waals surface area contributed by atoms with E-state index in [1.807, 2.05) is 48.5 Å². The van der Waals surface area contributed by atoms with E-state index in [4.69, 9.17) is 18.8 Å². The third-order valence-electron chi connectivity index (χ3n) is 15.4. The number of hydrogen-bond acceptors (Lipinski definition) is 8. The van der Waals surface area contributed by atoms with Crippen LogP contribution in [0.1, 0.15) is 0 Å². The number of anilines is 10. The minimum atomic E-state index is 0.584. The predicted octanol–water partition coefficient (Wildman–Crippen LogP) is 19.1. The number of benzene rings is 11. The minimum Gasteiger partial charge on any atom is -0.436 e. The van der Waals surface area contributed by atoms with Gasteiger partial charge >= 0.3 is 0 Å². The van der Waals surface area contributed by atoms with Crippen molar-refractivity contribution < 1.29 is 8.83 Å². The number of nitrogens with zero attached hydrogens (tertiary/aromatic N) is 6. The fourth-order valence-electron chi connectivity index (χ4n) is 11.6. The van der Waals surface area contributed by atoms with Crippen molar-refractivity contribution in [2.45, 2.75) is 0 Å². The lowest BCUT2D eigenvalue weighted by Gasteiger charge is -2.38. The van der Waals surface area contributed by atoms with E-state index in [0.29, 0.717) is 11.8 Å². The summed E-state index contributed by atoms with van der Waals surface area (Å²) in [6, 6.07) is 90.5. The molecule has 2 aliphatic rings. The molecule has 2 aliphatic heterocycles. The fourth-order valence-corrected chi connectivity index (χ4v) is 11.6. The molecule has 13 aromatic rings. The van der Waals surface area contributed by atoms with Crippen LogP contribution in [-0.4, -0.2) is 24.1 Å². The molecule has 0 amide bonds. The third kappa shape index (κ3) is 7.45. The first-order valence-corrected chi connectivity index (χ1v) is 26.2. The molecular formula is C70H48N6O2. The monoisotopic (exact) mass is 1000 g/mol. The Bertz CT molecular complexity index is 4300. The Labute approximate surface area is 451 Å². The minimum absolute atomic E-state index is 0.584. The molecule has 0 fully saturated rings. The maximum atomic E-state index is 6.31. The normalized spacial score (nSPS) is 12.6. The summed E-state index contributed by atoms with van der Waals surface area (Å²) in [5.74, 6) is 1.17. The van der Waals surface area contributed by atoms with Gasteiger partial charge in [-0.05, 0) is 178 Å². The molecule has 8 nitrogen and oxygen atoms in total. The Morgan fingerprint density at radius 1 is 0.282 bits per heavy atom. The summed E-state index contributed by atoms with van der Waals surface area (Å²) in [5.41, 5.74) is 24.7. The van der Waals surface area contributed by atoms with Crippen molar-refractivity contribution in [1.82, 2.24) is 9.97 Å². The number of para-hydroxylation sites is 12. The number of oxazole rings is 2. The lowest BCUT2D eigenvalue weighted by Crippen LogP contribution is -2.23. The van der Waals surface area contributed by atoms with Crippen LogP contribution >= 0.6 is 0 Å². The highest BCUT2D eigenvalue weighted by molar-refractivity contribution is 6.03. The summed E-state index contributed by atoms with van der Waals surface area (Å²) in [7, 11) is 4.30. The fraction of sp³-hybridized carbons (Fsp3) is 0.0286. The molecular weight excluding hydrogens is 957 g/mol. The van der Waals surface area contributed by atoms with Gasteiger partial charge in [-0.3, -0.25) is 0 Å². The molecule has 78 heavy (non-hydrogen) atoms. The molecule has 11 aromatic carbocycles. The van der Waals surface area contributed by atoms with E-state index in [2.05, 4.69) is 240 Å². The largest absolute Gasteiger partial charge is 0.436 e. The van der Waals surface area contributed by atoms with Crippen molar-refractivity contribution >= 4 is 79.1 Å². The van der Waals surface area contributed by atoms with E-state index in [1.54, 1.807) is 0 Å². The first kappa shape index (κ1) is 45.0. The molecule has 4 heterocycles. The van der Waals surface area contributed by atoms with Crippen LogP contribution in [0.25, 0.3) is 89.6 Å². The van der Waals surface area contributed by atoms with Crippen molar-refractivity contribution in [1.29, 1.82) is 0 Å². The average Bonchev–Trinajstić information content (AvgIpc) is 4.26.